The molecule has 0 amide bonds. The highest BCUT2D eigenvalue weighted by Crippen LogP contribution is 2.23. The molecule has 2 N–H and O–H groups in total. The fourth-order valence-corrected chi connectivity index (χ4v) is 4.06. The Hall–Kier alpha value is -1.29. The van der Waals surface area contributed by atoms with E-state index in [1.165, 1.54) is 6.07 Å². The maximum atomic E-state index is 12.7. The first kappa shape index (κ1) is 20.0. The molecule has 1 heterocycles. The molecule has 0 atom stereocenters. The molecule has 1 aliphatic heterocycles. The number of ether oxygens (including phenoxy) is 2. The van der Waals surface area contributed by atoms with Gasteiger partial charge in [-0.3, -0.25) is 4.99 Å². The maximum absolute atomic E-state index is 12.7. The molecule has 2 rings (SSSR count). The fraction of sp³-hybridized carbons (Fsp3) is 0.500. The second kappa shape index (κ2) is 7.94. The second-order valence-corrected chi connectivity index (χ2v) is 9.37. The lowest BCUT2D eigenvalue weighted by Crippen LogP contribution is -2.39. The van der Waals surface area contributed by atoms with E-state index < -0.39 is 16.1 Å². The minimum atomic E-state index is -3.86. The third-order valence-electron chi connectivity index (χ3n) is 3.62. The van der Waals surface area contributed by atoms with Crippen molar-refractivity contribution in [3.63, 3.8) is 0 Å². The van der Waals surface area contributed by atoms with E-state index in [1.807, 2.05) is 13.8 Å². The van der Waals surface area contributed by atoms with Crippen molar-refractivity contribution in [3.8, 4) is 0 Å². The molecule has 1 fully saturated rings. The van der Waals surface area contributed by atoms with Crippen LogP contribution in [0.2, 0.25) is 0 Å². The highest BCUT2D eigenvalue weighted by Gasteiger charge is 2.28. The Labute approximate surface area is 156 Å². The van der Waals surface area contributed by atoms with Crippen LogP contribution in [0.1, 0.15) is 19.4 Å². The van der Waals surface area contributed by atoms with Crippen LogP contribution in [0.25, 0.3) is 0 Å². The summed E-state index contributed by atoms with van der Waals surface area (Å²) in [4.78, 5) is 4.21. The average Bonchev–Trinajstić information content (AvgIpc) is 2.55. The van der Waals surface area contributed by atoms with E-state index in [4.69, 9.17) is 15.3 Å². The number of benzene rings is 1. The summed E-state index contributed by atoms with van der Waals surface area (Å²) in [7, 11) is -3.86. The van der Waals surface area contributed by atoms with Gasteiger partial charge in [0.05, 0.1) is 30.9 Å². The summed E-state index contributed by atoms with van der Waals surface area (Å²) in [5, 5.41) is 3.08. The number of nitrogens with two attached hydrogens (primary N) is 1. The van der Waals surface area contributed by atoms with Gasteiger partial charge in [-0.2, -0.15) is 5.10 Å². The van der Waals surface area contributed by atoms with Crippen molar-refractivity contribution in [3.05, 3.63) is 28.2 Å². The Morgan fingerprint density at radius 1 is 1.40 bits per heavy atom. The first-order valence-electron chi connectivity index (χ1n) is 7.68. The van der Waals surface area contributed by atoms with Crippen molar-refractivity contribution in [2.75, 3.05) is 19.8 Å². The Kier molecular flexibility index (Phi) is 6.36. The number of hydrazone groups is 1. The number of aliphatic imine (C=N–C) groups is 1. The molecule has 1 saturated heterocycles. The van der Waals surface area contributed by atoms with E-state index in [9.17, 15) is 8.42 Å². The van der Waals surface area contributed by atoms with Crippen molar-refractivity contribution < 1.29 is 17.9 Å². The molecule has 7 nitrogen and oxygen atoms in total. The van der Waals surface area contributed by atoms with Crippen molar-refractivity contribution in [2.24, 2.45) is 21.4 Å². The lowest BCUT2D eigenvalue weighted by atomic mass is 9.96. The highest BCUT2D eigenvalue weighted by molar-refractivity contribution is 9.10. The largest absolute Gasteiger partial charge is 0.350 e. The zero-order valence-electron chi connectivity index (χ0n) is 14.4. The van der Waals surface area contributed by atoms with E-state index in [0.717, 1.165) is 6.21 Å². The van der Waals surface area contributed by atoms with Crippen molar-refractivity contribution in [1.82, 2.24) is 0 Å². The predicted octanol–water partition coefficient (Wildman–Crippen LogP) is 2.27. The van der Waals surface area contributed by atoms with Crippen LogP contribution in [0.3, 0.4) is 0 Å². The third kappa shape index (κ3) is 5.10. The van der Waals surface area contributed by atoms with E-state index in [-0.39, 0.29) is 21.9 Å². The molecule has 0 bridgehead atoms. The van der Waals surface area contributed by atoms with Gasteiger partial charge < -0.3 is 15.3 Å². The van der Waals surface area contributed by atoms with Gasteiger partial charge in [0.1, 0.15) is 0 Å². The normalized spacial score (nSPS) is 19.4. The van der Waals surface area contributed by atoms with E-state index in [1.54, 1.807) is 19.1 Å². The van der Waals surface area contributed by atoms with Crippen molar-refractivity contribution >= 4 is 37.0 Å². The monoisotopic (exact) mass is 431 g/mol. The van der Waals surface area contributed by atoms with Gasteiger partial charge in [-0.25, -0.2) is 8.42 Å². The van der Waals surface area contributed by atoms with Gasteiger partial charge in [0.15, 0.2) is 11.3 Å². The van der Waals surface area contributed by atoms with Gasteiger partial charge in [0.25, 0.3) is 0 Å². The van der Waals surface area contributed by atoms with Gasteiger partial charge in [0, 0.05) is 9.89 Å². The summed E-state index contributed by atoms with van der Waals surface area (Å²) in [5.41, 5.74) is 0.560. The molecule has 1 aliphatic rings. The number of hydrogen-bond donors (Lipinski definition) is 1. The summed E-state index contributed by atoms with van der Waals surface area (Å²) in [5.74, 6) is 5.28. The number of aryl methyl sites for hydroxylation is 1. The molecular formula is C16H22BrN3O4S. The summed E-state index contributed by atoms with van der Waals surface area (Å²) in [6, 6.07) is 4.98. The standard InChI is InChI=1S/C16H22BrN3O4S/c1-11-4-5-12(17)6-13(11)25(21,22)14(20-18)7-19-8-15-23-9-16(2,3)10-24-15/h4-7,15H,8-10,18H2,1-3H3/b19-7?,20-14+. The van der Waals surface area contributed by atoms with Crippen LogP contribution < -0.4 is 5.84 Å². The maximum Gasteiger partial charge on any atom is 0.227 e. The molecule has 1 aromatic rings. The van der Waals surface area contributed by atoms with Gasteiger partial charge in [-0.1, -0.05) is 35.8 Å². The Balaban J connectivity index is 2.10. The van der Waals surface area contributed by atoms with Gasteiger partial charge in [-0.15, -0.1) is 0 Å². The fourth-order valence-electron chi connectivity index (χ4n) is 2.20. The molecule has 25 heavy (non-hydrogen) atoms. The Morgan fingerprint density at radius 3 is 2.64 bits per heavy atom. The number of rotatable bonds is 4. The zero-order chi connectivity index (χ0) is 18.7. The van der Waals surface area contributed by atoms with Gasteiger partial charge >= 0.3 is 0 Å². The minimum absolute atomic E-state index is 0.0361. The lowest BCUT2D eigenvalue weighted by Gasteiger charge is -2.33. The topological polar surface area (TPSA) is 103 Å². The number of halogens is 1. The molecule has 138 valence electrons. The van der Waals surface area contributed by atoms with Crippen LogP contribution in [0.15, 0.2) is 37.7 Å². The zero-order valence-corrected chi connectivity index (χ0v) is 16.8. The second-order valence-electron chi connectivity index (χ2n) is 6.59. The third-order valence-corrected chi connectivity index (χ3v) is 5.89. The average molecular weight is 432 g/mol. The smallest absolute Gasteiger partial charge is 0.227 e. The van der Waals surface area contributed by atoms with E-state index >= 15 is 0 Å². The minimum Gasteiger partial charge on any atom is -0.350 e. The number of nitrogens with zero attached hydrogens (tertiary/aromatic N) is 2. The summed E-state index contributed by atoms with van der Waals surface area (Å²) in [6.45, 7) is 7.07. The first-order chi connectivity index (χ1) is 11.7. The highest BCUT2D eigenvalue weighted by atomic mass is 79.9. The molecule has 0 aliphatic carbocycles. The van der Waals surface area contributed by atoms with Crippen LogP contribution >= 0.6 is 15.9 Å². The Morgan fingerprint density at radius 2 is 2.04 bits per heavy atom. The van der Waals surface area contributed by atoms with E-state index in [0.29, 0.717) is 23.2 Å². The summed E-state index contributed by atoms with van der Waals surface area (Å²) >= 11 is 3.27. The molecule has 0 radical (unpaired) electrons. The molecule has 0 aromatic heterocycles. The number of sulfone groups is 1. The summed E-state index contributed by atoms with van der Waals surface area (Å²) < 4.78 is 37.2. The van der Waals surface area contributed by atoms with Crippen LogP contribution in [-0.2, 0) is 19.3 Å². The number of hydrogen-bond acceptors (Lipinski definition) is 7. The summed E-state index contributed by atoms with van der Waals surface area (Å²) in [6.07, 6.45) is 0.640. The van der Waals surface area contributed by atoms with Gasteiger partial charge in [0.2, 0.25) is 9.84 Å². The molecule has 0 unspecified atom stereocenters. The molecule has 9 heteroatoms. The van der Waals surface area contributed by atoms with Crippen LogP contribution in [0, 0.1) is 12.3 Å². The van der Waals surface area contributed by atoms with Crippen LogP contribution in [-0.4, -0.2) is 45.7 Å². The van der Waals surface area contributed by atoms with E-state index in [2.05, 4.69) is 26.0 Å². The molecule has 0 spiro atoms. The van der Waals surface area contributed by atoms with Crippen molar-refractivity contribution in [2.45, 2.75) is 32.0 Å². The van der Waals surface area contributed by atoms with Crippen LogP contribution in [0.4, 0.5) is 0 Å². The quantitative estimate of drug-likeness (QED) is 0.340. The molecular weight excluding hydrogens is 410 g/mol. The molecule has 0 saturated carbocycles. The molecule has 1 aromatic carbocycles. The Bertz CT molecular complexity index is 781. The van der Waals surface area contributed by atoms with Crippen LogP contribution in [0.5, 0.6) is 0 Å². The van der Waals surface area contributed by atoms with Crippen molar-refractivity contribution in [1.29, 1.82) is 0 Å². The van der Waals surface area contributed by atoms with Gasteiger partial charge in [-0.05, 0) is 24.6 Å². The predicted molar refractivity (Wildman–Crippen MR) is 101 cm³/mol. The lowest BCUT2D eigenvalue weighted by molar-refractivity contribution is -0.215. The first-order valence-corrected chi connectivity index (χ1v) is 9.95. The SMILES string of the molecule is Cc1ccc(Br)cc1S(=O)(=O)/C(C=NCC1OCC(C)(C)CO1)=N/N.